The Morgan fingerprint density at radius 3 is 2.24 bits per heavy atom. The summed E-state index contributed by atoms with van der Waals surface area (Å²) in [7, 11) is 0. The minimum atomic E-state index is -1.18. The highest BCUT2D eigenvalue weighted by atomic mass is 16.3. The van der Waals surface area contributed by atoms with Crippen LogP contribution in [0.25, 0.3) is 11.1 Å². The van der Waals surface area contributed by atoms with Crippen molar-refractivity contribution in [3.05, 3.63) is 54.1 Å². The van der Waals surface area contributed by atoms with Gasteiger partial charge in [0.25, 0.3) is 0 Å². The fourth-order valence-electron chi connectivity index (χ4n) is 2.14. The Morgan fingerprint density at radius 2 is 1.47 bits per heavy atom. The van der Waals surface area contributed by atoms with Crippen molar-refractivity contribution in [1.82, 2.24) is 0 Å². The van der Waals surface area contributed by atoms with E-state index in [4.69, 9.17) is 0 Å². The first-order valence-electron chi connectivity index (χ1n) is 5.44. The zero-order valence-corrected chi connectivity index (χ0v) is 9.05. The van der Waals surface area contributed by atoms with Gasteiger partial charge in [-0.1, -0.05) is 42.5 Å². The van der Waals surface area contributed by atoms with E-state index in [1.165, 1.54) is 0 Å². The van der Waals surface area contributed by atoms with E-state index in [-0.39, 0.29) is 5.78 Å². The second-order valence-corrected chi connectivity index (χ2v) is 4.00. The molecular formula is C14H11NO2. The molecule has 0 unspecified atom stereocenters. The van der Waals surface area contributed by atoms with E-state index in [2.05, 4.69) is 5.32 Å². The van der Waals surface area contributed by atoms with E-state index in [0.717, 1.165) is 16.8 Å². The molecule has 0 fully saturated rings. The lowest BCUT2D eigenvalue weighted by atomic mass is 9.97. The number of aliphatic hydroxyl groups is 1. The van der Waals surface area contributed by atoms with E-state index in [9.17, 15) is 9.90 Å². The summed E-state index contributed by atoms with van der Waals surface area (Å²) >= 11 is 0. The van der Waals surface area contributed by atoms with Crippen LogP contribution in [-0.4, -0.2) is 17.1 Å². The number of hydrogen-bond donors (Lipinski definition) is 2. The van der Waals surface area contributed by atoms with Gasteiger partial charge in [-0.2, -0.15) is 0 Å². The van der Waals surface area contributed by atoms with E-state index >= 15 is 0 Å². The number of aliphatic hydroxyl groups excluding tert-OH is 1. The predicted molar refractivity (Wildman–Crippen MR) is 65.8 cm³/mol. The molecule has 0 saturated carbocycles. The van der Waals surface area contributed by atoms with Crippen LogP contribution < -0.4 is 5.32 Å². The van der Waals surface area contributed by atoms with E-state index < -0.39 is 6.23 Å². The number of carbonyl (C=O) groups is 1. The minimum absolute atomic E-state index is 0.295. The van der Waals surface area contributed by atoms with Gasteiger partial charge < -0.3 is 10.4 Å². The largest absolute Gasteiger partial charge is 0.367 e. The summed E-state index contributed by atoms with van der Waals surface area (Å²) < 4.78 is 0. The van der Waals surface area contributed by atoms with Gasteiger partial charge in [0.05, 0.1) is 0 Å². The molecule has 0 amide bonds. The fourth-order valence-corrected chi connectivity index (χ4v) is 2.14. The maximum atomic E-state index is 12.0. The summed E-state index contributed by atoms with van der Waals surface area (Å²) in [4.78, 5) is 12.0. The van der Waals surface area contributed by atoms with Crippen LogP contribution in [0.5, 0.6) is 0 Å². The second kappa shape index (κ2) is 3.71. The van der Waals surface area contributed by atoms with Crippen molar-refractivity contribution < 1.29 is 9.90 Å². The molecule has 0 spiro atoms. The number of para-hydroxylation sites is 1. The molecule has 0 aliphatic carbocycles. The Balaban J connectivity index is 2.33. The molecule has 2 aromatic carbocycles. The Morgan fingerprint density at radius 1 is 0.882 bits per heavy atom. The lowest BCUT2D eigenvalue weighted by Gasteiger charge is -2.10. The third kappa shape index (κ3) is 1.52. The second-order valence-electron chi connectivity index (χ2n) is 4.00. The first kappa shape index (κ1) is 10.1. The predicted octanol–water partition coefficient (Wildman–Crippen LogP) is 2.28. The lowest BCUT2D eigenvalue weighted by Crippen LogP contribution is -2.27. The number of nitrogens with one attached hydrogen (secondary N) is 1. The van der Waals surface area contributed by atoms with Crippen molar-refractivity contribution in [3.63, 3.8) is 0 Å². The number of hydrogen-bond acceptors (Lipinski definition) is 3. The number of Topliss-reactive ketones (excluding diaryl/α,β-unsaturated/α-hetero) is 1. The average Bonchev–Trinajstić information content (AvgIpc) is 2.48. The third-order valence-corrected chi connectivity index (χ3v) is 2.95. The highest BCUT2D eigenvalue weighted by Gasteiger charge is 2.25. The highest BCUT2D eigenvalue weighted by Crippen LogP contribution is 2.34. The quantitative estimate of drug-likeness (QED) is 0.723. The molecular weight excluding hydrogens is 214 g/mol. The highest BCUT2D eigenvalue weighted by molar-refractivity contribution is 6.08. The van der Waals surface area contributed by atoms with Crippen LogP contribution in [0.3, 0.4) is 0 Å². The normalized spacial score (nSPS) is 17.7. The molecule has 2 aromatic rings. The molecule has 0 saturated heterocycles. The lowest BCUT2D eigenvalue weighted by molar-refractivity contribution is 0.0796. The molecule has 0 aromatic heterocycles. The molecule has 3 nitrogen and oxygen atoms in total. The first-order chi connectivity index (χ1) is 8.27. The van der Waals surface area contributed by atoms with Gasteiger partial charge in [0.1, 0.15) is 0 Å². The average molecular weight is 225 g/mol. The third-order valence-electron chi connectivity index (χ3n) is 2.95. The minimum Gasteiger partial charge on any atom is -0.367 e. The van der Waals surface area contributed by atoms with Crippen LogP contribution in [-0.2, 0) is 0 Å². The number of ketones is 1. The molecule has 1 heterocycles. The molecule has 3 heteroatoms. The van der Waals surface area contributed by atoms with Crippen molar-refractivity contribution in [3.8, 4) is 11.1 Å². The maximum Gasteiger partial charge on any atom is 0.212 e. The maximum absolute atomic E-state index is 12.0. The van der Waals surface area contributed by atoms with Crippen LogP contribution in [0.4, 0.5) is 5.69 Å². The number of fused-ring (bicyclic) bond motifs is 3. The first-order valence-corrected chi connectivity index (χ1v) is 5.44. The van der Waals surface area contributed by atoms with Gasteiger partial charge in [-0.3, -0.25) is 4.79 Å². The number of rotatable bonds is 0. The Bertz CT molecular complexity index is 592. The van der Waals surface area contributed by atoms with Crippen molar-refractivity contribution in [2.75, 3.05) is 5.32 Å². The monoisotopic (exact) mass is 225 g/mol. The van der Waals surface area contributed by atoms with Gasteiger partial charge in [0.15, 0.2) is 6.23 Å². The Labute approximate surface area is 98.7 Å². The van der Waals surface area contributed by atoms with Crippen LogP contribution >= 0.6 is 0 Å². The van der Waals surface area contributed by atoms with Gasteiger partial charge >= 0.3 is 0 Å². The molecule has 1 atom stereocenters. The Kier molecular flexibility index (Phi) is 2.20. The van der Waals surface area contributed by atoms with E-state index in [1.54, 1.807) is 12.1 Å². The van der Waals surface area contributed by atoms with Crippen LogP contribution in [0.1, 0.15) is 10.4 Å². The van der Waals surface area contributed by atoms with Gasteiger partial charge in [-0.25, -0.2) is 0 Å². The van der Waals surface area contributed by atoms with E-state index in [1.807, 2.05) is 36.4 Å². The van der Waals surface area contributed by atoms with E-state index in [0.29, 0.717) is 5.56 Å². The number of anilines is 1. The molecule has 84 valence electrons. The molecule has 0 radical (unpaired) electrons. The van der Waals surface area contributed by atoms with Crippen LogP contribution in [0, 0.1) is 0 Å². The Hall–Kier alpha value is -2.13. The van der Waals surface area contributed by atoms with Crippen molar-refractivity contribution >= 4 is 11.5 Å². The summed E-state index contributed by atoms with van der Waals surface area (Å²) in [6.45, 7) is 0. The number of carbonyl (C=O) groups excluding carboxylic acids is 1. The topological polar surface area (TPSA) is 49.3 Å². The molecule has 17 heavy (non-hydrogen) atoms. The standard InChI is InChI=1S/C14H11NO2/c16-13-11-7-2-1-5-9(11)10-6-3-4-8-12(10)15-14(13)17/h1-8,14-15,17H/t14-/m0/s1. The summed E-state index contributed by atoms with van der Waals surface area (Å²) in [5.74, 6) is -0.295. The molecule has 2 N–H and O–H groups in total. The van der Waals surface area contributed by atoms with Crippen LogP contribution in [0.2, 0.25) is 0 Å². The fraction of sp³-hybridized carbons (Fsp3) is 0.0714. The zero-order valence-electron chi connectivity index (χ0n) is 9.05. The molecule has 1 aliphatic rings. The molecule has 0 bridgehead atoms. The van der Waals surface area contributed by atoms with Crippen LogP contribution in [0.15, 0.2) is 48.5 Å². The SMILES string of the molecule is O=C1c2ccccc2-c2ccccc2N[C@H]1O. The zero-order chi connectivity index (χ0) is 11.8. The molecule has 1 aliphatic heterocycles. The van der Waals surface area contributed by atoms with Gasteiger partial charge in [-0.15, -0.1) is 0 Å². The van der Waals surface area contributed by atoms with Gasteiger partial charge in [-0.05, 0) is 11.6 Å². The van der Waals surface area contributed by atoms with Gasteiger partial charge in [0.2, 0.25) is 5.78 Å². The van der Waals surface area contributed by atoms with Gasteiger partial charge in [0, 0.05) is 16.8 Å². The van der Waals surface area contributed by atoms with Crippen molar-refractivity contribution in [2.45, 2.75) is 6.23 Å². The summed E-state index contributed by atoms with van der Waals surface area (Å²) in [5, 5.41) is 12.6. The smallest absolute Gasteiger partial charge is 0.212 e. The van der Waals surface area contributed by atoms with Crippen molar-refractivity contribution in [2.24, 2.45) is 0 Å². The summed E-state index contributed by atoms with van der Waals surface area (Å²) in [5.41, 5.74) is 3.13. The van der Waals surface area contributed by atoms with Crippen molar-refractivity contribution in [1.29, 1.82) is 0 Å². The summed E-state index contributed by atoms with van der Waals surface area (Å²) in [6.07, 6.45) is -1.18. The summed E-state index contributed by atoms with van der Waals surface area (Å²) in [6, 6.07) is 14.9. The number of benzene rings is 2. The molecule has 3 rings (SSSR count).